The smallest absolute Gasteiger partial charge is 0.101 e. The topological polar surface area (TPSA) is 64.1 Å². The maximum absolute atomic E-state index is 8.85. The molecule has 0 fully saturated rings. The Hall–Kier alpha value is -1.33. The van der Waals surface area contributed by atoms with Crippen molar-refractivity contribution in [1.82, 2.24) is 9.78 Å². The number of nitrogens with zero attached hydrogens (tertiary/aromatic N) is 2. The summed E-state index contributed by atoms with van der Waals surface area (Å²) in [7, 11) is 0. The van der Waals surface area contributed by atoms with E-state index in [9.17, 15) is 0 Å². The van der Waals surface area contributed by atoms with Crippen LogP contribution in [0.4, 0.5) is 5.69 Å². The Morgan fingerprint density at radius 2 is 2.43 bits per heavy atom. The molecular weight excluding hydrogens is 198 g/mol. The van der Waals surface area contributed by atoms with Gasteiger partial charge in [0, 0.05) is 0 Å². The summed E-state index contributed by atoms with van der Waals surface area (Å²) >= 11 is 1.61. The first kappa shape index (κ1) is 9.23. The lowest BCUT2D eigenvalue weighted by atomic mass is 10.3. The van der Waals surface area contributed by atoms with E-state index in [1.54, 1.807) is 22.2 Å². The molecule has 14 heavy (non-hydrogen) atoms. The molecule has 0 amide bonds. The van der Waals surface area contributed by atoms with Crippen molar-refractivity contribution in [2.75, 3.05) is 12.3 Å². The van der Waals surface area contributed by atoms with Crippen molar-refractivity contribution in [3.8, 4) is 10.6 Å². The minimum absolute atomic E-state index is 0.0689. The number of thiophene rings is 1. The Kier molecular flexibility index (Phi) is 2.51. The third kappa shape index (κ3) is 1.51. The average Bonchev–Trinajstić information content (AvgIpc) is 2.76. The second-order valence-corrected chi connectivity index (χ2v) is 3.82. The number of hydrogen-bond acceptors (Lipinski definition) is 4. The van der Waals surface area contributed by atoms with Crippen LogP contribution in [0.25, 0.3) is 10.6 Å². The average molecular weight is 209 g/mol. The minimum Gasteiger partial charge on any atom is -0.396 e. The molecule has 3 N–H and O–H groups in total. The van der Waals surface area contributed by atoms with Gasteiger partial charge in [0.15, 0.2) is 0 Å². The maximum atomic E-state index is 8.85. The third-order valence-electron chi connectivity index (χ3n) is 1.93. The fourth-order valence-corrected chi connectivity index (χ4v) is 2.14. The van der Waals surface area contributed by atoms with E-state index in [2.05, 4.69) is 5.10 Å². The molecule has 0 radical (unpaired) electrons. The summed E-state index contributed by atoms with van der Waals surface area (Å²) in [4.78, 5) is 1.08. The standard InChI is InChI=1S/C9H11N3OS/c10-7-6-11-12(3-4-13)9(7)8-2-1-5-14-8/h1-2,5-6,13H,3-4,10H2. The lowest BCUT2D eigenvalue weighted by Crippen LogP contribution is -2.05. The van der Waals surface area contributed by atoms with Gasteiger partial charge in [-0.25, -0.2) is 0 Å². The number of hydrogen-bond donors (Lipinski definition) is 2. The summed E-state index contributed by atoms with van der Waals surface area (Å²) in [6, 6.07) is 3.96. The number of rotatable bonds is 3. The molecule has 0 unspecified atom stereocenters. The van der Waals surface area contributed by atoms with Gasteiger partial charge in [0.05, 0.1) is 29.9 Å². The zero-order valence-electron chi connectivity index (χ0n) is 7.55. The Bertz CT molecular complexity index is 408. The van der Waals surface area contributed by atoms with Gasteiger partial charge in [-0.2, -0.15) is 5.10 Å². The summed E-state index contributed by atoms with van der Waals surface area (Å²) in [5, 5.41) is 14.9. The number of aromatic nitrogens is 2. The number of anilines is 1. The molecule has 0 saturated heterocycles. The Balaban J connectivity index is 2.45. The summed E-state index contributed by atoms with van der Waals surface area (Å²) in [6.07, 6.45) is 1.62. The second kappa shape index (κ2) is 3.81. The summed E-state index contributed by atoms with van der Waals surface area (Å²) in [5.74, 6) is 0. The van der Waals surface area contributed by atoms with E-state index in [0.29, 0.717) is 12.2 Å². The van der Waals surface area contributed by atoms with Gasteiger partial charge in [-0.05, 0) is 11.4 Å². The summed E-state index contributed by atoms with van der Waals surface area (Å²) < 4.78 is 1.72. The van der Waals surface area contributed by atoms with Crippen LogP contribution < -0.4 is 5.73 Å². The Labute approximate surface area is 85.6 Å². The molecule has 2 aromatic rings. The van der Waals surface area contributed by atoms with Crippen LogP contribution >= 0.6 is 11.3 Å². The van der Waals surface area contributed by atoms with Crippen molar-refractivity contribution in [1.29, 1.82) is 0 Å². The first-order chi connectivity index (χ1) is 6.83. The van der Waals surface area contributed by atoms with Crippen LogP contribution in [0.15, 0.2) is 23.7 Å². The first-order valence-corrected chi connectivity index (χ1v) is 5.17. The van der Waals surface area contributed by atoms with Crippen molar-refractivity contribution in [2.45, 2.75) is 6.54 Å². The Morgan fingerprint density at radius 1 is 1.57 bits per heavy atom. The van der Waals surface area contributed by atoms with Gasteiger partial charge in [-0.1, -0.05) is 6.07 Å². The molecule has 0 aromatic carbocycles. The van der Waals surface area contributed by atoms with Gasteiger partial charge in [0.1, 0.15) is 5.69 Å². The van der Waals surface area contributed by atoms with E-state index in [0.717, 1.165) is 10.6 Å². The molecule has 74 valence electrons. The molecule has 0 atom stereocenters. The number of nitrogen functional groups attached to an aromatic ring is 1. The molecule has 2 rings (SSSR count). The molecule has 2 aromatic heterocycles. The maximum Gasteiger partial charge on any atom is 0.101 e. The molecule has 0 spiro atoms. The molecule has 0 aliphatic rings. The van der Waals surface area contributed by atoms with Gasteiger partial charge in [-0.15, -0.1) is 11.3 Å². The van der Waals surface area contributed by atoms with Crippen LogP contribution in [0.5, 0.6) is 0 Å². The summed E-state index contributed by atoms with van der Waals surface area (Å²) in [6.45, 7) is 0.546. The lowest BCUT2D eigenvalue weighted by molar-refractivity contribution is 0.270. The van der Waals surface area contributed by atoms with E-state index >= 15 is 0 Å². The van der Waals surface area contributed by atoms with Crippen LogP contribution in [0.1, 0.15) is 0 Å². The van der Waals surface area contributed by atoms with Crippen molar-refractivity contribution >= 4 is 17.0 Å². The van der Waals surface area contributed by atoms with Crippen LogP contribution in [-0.2, 0) is 6.54 Å². The zero-order valence-corrected chi connectivity index (χ0v) is 8.37. The molecule has 0 saturated carbocycles. The van der Waals surface area contributed by atoms with Crippen LogP contribution in [-0.4, -0.2) is 21.5 Å². The van der Waals surface area contributed by atoms with Crippen LogP contribution in [0.3, 0.4) is 0 Å². The fourth-order valence-electron chi connectivity index (χ4n) is 1.35. The lowest BCUT2D eigenvalue weighted by Gasteiger charge is -2.03. The normalized spacial score (nSPS) is 10.6. The van der Waals surface area contributed by atoms with Crippen molar-refractivity contribution in [3.05, 3.63) is 23.7 Å². The highest BCUT2D eigenvalue weighted by molar-refractivity contribution is 7.13. The van der Waals surface area contributed by atoms with E-state index in [1.165, 1.54) is 0 Å². The predicted octanol–water partition coefficient (Wildman–Crippen LogP) is 1.19. The summed E-state index contributed by atoms with van der Waals surface area (Å²) in [5.41, 5.74) is 7.36. The van der Waals surface area contributed by atoms with Gasteiger partial charge >= 0.3 is 0 Å². The second-order valence-electron chi connectivity index (χ2n) is 2.87. The highest BCUT2D eigenvalue weighted by Crippen LogP contribution is 2.29. The van der Waals surface area contributed by atoms with Crippen LogP contribution in [0, 0.1) is 0 Å². The molecular formula is C9H11N3OS. The minimum atomic E-state index is 0.0689. The van der Waals surface area contributed by atoms with E-state index < -0.39 is 0 Å². The predicted molar refractivity (Wildman–Crippen MR) is 57.0 cm³/mol. The molecule has 2 heterocycles. The monoisotopic (exact) mass is 209 g/mol. The fraction of sp³-hybridized carbons (Fsp3) is 0.222. The van der Waals surface area contributed by atoms with Crippen LogP contribution in [0.2, 0.25) is 0 Å². The van der Waals surface area contributed by atoms with Crippen molar-refractivity contribution < 1.29 is 5.11 Å². The van der Waals surface area contributed by atoms with E-state index in [-0.39, 0.29) is 6.61 Å². The SMILES string of the molecule is Nc1cnn(CCO)c1-c1cccs1. The molecule has 0 bridgehead atoms. The van der Waals surface area contributed by atoms with E-state index in [4.69, 9.17) is 10.8 Å². The largest absolute Gasteiger partial charge is 0.396 e. The molecule has 4 nitrogen and oxygen atoms in total. The molecule has 5 heteroatoms. The quantitative estimate of drug-likeness (QED) is 0.798. The molecule has 0 aliphatic carbocycles. The zero-order chi connectivity index (χ0) is 9.97. The highest BCUT2D eigenvalue weighted by atomic mass is 32.1. The molecule has 0 aliphatic heterocycles. The van der Waals surface area contributed by atoms with Gasteiger partial charge in [0.2, 0.25) is 0 Å². The number of aliphatic hydroxyl groups excluding tert-OH is 1. The van der Waals surface area contributed by atoms with Gasteiger partial charge in [0.25, 0.3) is 0 Å². The van der Waals surface area contributed by atoms with Crippen molar-refractivity contribution in [3.63, 3.8) is 0 Å². The van der Waals surface area contributed by atoms with Gasteiger partial charge in [-0.3, -0.25) is 4.68 Å². The highest BCUT2D eigenvalue weighted by Gasteiger charge is 2.10. The number of nitrogens with two attached hydrogens (primary N) is 1. The third-order valence-corrected chi connectivity index (χ3v) is 2.81. The number of aliphatic hydroxyl groups is 1. The van der Waals surface area contributed by atoms with Crippen molar-refractivity contribution in [2.24, 2.45) is 0 Å². The van der Waals surface area contributed by atoms with E-state index in [1.807, 2.05) is 17.5 Å². The Morgan fingerprint density at radius 3 is 3.07 bits per heavy atom. The first-order valence-electron chi connectivity index (χ1n) is 4.29. The van der Waals surface area contributed by atoms with Gasteiger partial charge < -0.3 is 10.8 Å².